The highest BCUT2D eigenvalue weighted by molar-refractivity contribution is 5.72. The quantitative estimate of drug-likeness (QED) is 0.744. The van der Waals surface area contributed by atoms with E-state index < -0.39 is 11.7 Å². The zero-order valence-corrected chi connectivity index (χ0v) is 12.4. The highest BCUT2D eigenvalue weighted by Gasteiger charge is 2.08. The van der Waals surface area contributed by atoms with Gasteiger partial charge in [0.1, 0.15) is 5.75 Å². The fourth-order valence-electron chi connectivity index (χ4n) is 2.24. The van der Waals surface area contributed by atoms with Crippen molar-refractivity contribution in [2.75, 3.05) is 0 Å². The summed E-state index contributed by atoms with van der Waals surface area (Å²) in [6.45, 7) is 0. The minimum absolute atomic E-state index is 0.405. The number of carbonyl (C=O) groups is 1. The average Bonchev–Trinajstić information content (AvgIpc) is 2.58. The molecule has 1 heterocycles. The minimum atomic E-state index is -0.716. The van der Waals surface area contributed by atoms with Crippen molar-refractivity contribution in [2.24, 2.45) is 0 Å². The van der Waals surface area contributed by atoms with E-state index in [2.05, 4.69) is 12.1 Å². The lowest BCUT2D eigenvalue weighted by atomic mass is 10.1. The molecule has 4 nitrogen and oxygen atoms in total. The van der Waals surface area contributed by atoms with E-state index >= 15 is 0 Å². The number of hydrogen-bond acceptors (Lipinski definition) is 3. The Labute approximate surface area is 133 Å². The number of benzene rings is 2. The Balaban J connectivity index is 1.69. The number of pyridine rings is 1. The van der Waals surface area contributed by atoms with Crippen LogP contribution in [0.1, 0.15) is 11.1 Å². The van der Waals surface area contributed by atoms with E-state index in [-0.39, 0.29) is 0 Å². The summed E-state index contributed by atoms with van der Waals surface area (Å²) >= 11 is 0. The second-order valence-electron chi connectivity index (χ2n) is 5.08. The van der Waals surface area contributed by atoms with E-state index in [1.54, 1.807) is 24.3 Å². The molecule has 0 aliphatic carbocycles. The fourth-order valence-corrected chi connectivity index (χ4v) is 2.24. The summed E-state index contributed by atoms with van der Waals surface area (Å²) in [5, 5.41) is 0. The number of carbonyl (C=O) groups excluding carboxylic acids is 1. The zero-order chi connectivity index (χ0) is 16.1. The Morgan fingerprint density at radius 3 is 2.17 bits per heavy atom. The molecule has 0 aliphatic rings. The van der Waals surface area contributed by atoms with Crippen molar-refractivity contribution in [3.8, 4) is 5.75 Å². The Morgan fingerprint density at radius 2 is 1.48 bits per heavy atom. The van der Waals surface area contributed by atoms with Crippen molar-refractivity contribution < 1.29 is 9.53 Å². The molecule has 2 aromatic carbocycles. The van der Waals surface area contributed by atoms with Crippen LogP contribution >= 0.6 is 0 Å². The molecule has 114 valence electrons. The van der Waals surface area contributed by atoms with E-state index in [4.69, 9.17) is 4.74 Å². The van der Waals surface area contributed by atoms with Crippen LogP contribution in [-0.2, 0) is 6.42 Å². The third-order valence-corrected chi connectivity index (χ3v) is 3.40. The second-order valence-corrected chi connectivity index (χ2v) is 5.08. The Bertz CT molecular complexity index is 852. The van der Waals surface area contributed by atoms with Gasteiger partial charge < -0.3 is 4.74 Å². The standard InChI is InChI=1S/C19H15NO3/c21-18-8-4-5-13-20(18)19(22)23-17-11-9-16(10-12-17)14-15-6-2-1-3-7-15/h1-13H,14H2. The van der Waals surface area contributed by atoms with Gasteiger partial charge in [0.2, 0.25) is 0 Å². The molecule has 0 radical (unpaired) electrons. The summed E-state index contributed by atoms with van der Waals surface area (Å²) in [7, 11) is 0. The first kappa shape index (κ1) is 14.8. The zero-order valence-electron chi connectivity index (χ0n) is 12.4. The molecule has 0 amide bonds. The third-order valence-electron chi connectivity index (χ3n) is 3.40. The van der Waals surface area contributed by atoms with Gasteiger partial charge in [-0.3, -0.25) is 4.79 Å². The molecule has 4 heteroatoms. The molecule has 0 spiro atoms. The van der Waals surface area contributed by atoms with E-state index in [1.165, 1.54) is 17.8 Å². The van der Waals surface area contributed by atoms with E-state index in [0.29, 0.717) is 5.75 Å². The average molecular weight is 305 g/mol. The summed E-state index contributed by atoms with van der Waals surface area (Å²) in [6, 6.07) is 21.9. The van der Waals surface area contributed by atoms with Crippen LogP contribution in [0.2, 0.25) is 0 Å². The van der Waals surface area contributed by atoms with Crippen LogP contribution in [0.4, 0.5) is 4.79 Å². The monoisotopic (exact) mass is 305 g/mol. The molecule has 0 atom stereocenters. The highest BCUT2D eigenvalue weighted by atomic mass is 16.6. The van der Waals surface area contributed by atoms with Crippen molar-refractivity contribution in [1.29, 1.82) is 0 Å². The summed E-state index contributed by atoms with van der Waals surface area (Å²) in [5.74, 6) is 0.405. The number of aromatic nitrogens is 1. The van der Waals surface area contributed by atoms with Gasteiger partial charge in [0.15, 0.2) is 0 Å². The van der Waals surface area contributed by atoms with Gasteiger partial charge in [-0.2, -0.15) is 0 Å². The summed E-state index contributed by atoms with van der Waals surface area (Å²) in [5.41, 5.74) is 1.92. The molecule has 0 fully saturated rings. The van der Waals surface area contributed by atoms with Crippen LogP contribution < -0.4 is 10.3 Å². The van der Waals surface area contributed by atoms with Crippen LogP contribution in [-0.4, -0.2) is 10.7 Å². The van der Waals surface area contributed by atoms with E-state index in [0.717, 1.165) is 16.6 Å². The number of rotatable bonds is 3. The lowest BCUT2D eigenvalue weighted by molar-refractivity contribution is 0.201. The molecule has 0 bridgehead atoms. The maximum absolute atomic E-state index is 12.0. The fraction of sp³-hybridized carbons (Fsp3) is 0.0526. The van der Waals surface area contributed by atoms with Gasteiger partial charge in [0.05, 0.1) is 0 Å². The summed E-state index contributed by atoms with van der Waals surface area (Å²) < 4.78 is 6.14. The lowest BCUT2D eigenvalue weighted by Gasteiger charge is -2.07. The molecule has 0 aliphatic heterocycles. The number of ether oxygens (including phenoxy) is 1. The summed E-state index contributed by atoms with van der Waals surface area (Å²) in [4.78, 5) is 23.5. The van der Waals surface area contributed by atoms with Gasteiger partial charge in [-0.05, 0) is 35.7 Å². The van der Waals surface area contributed by atoms with Gasteiger partial charge in [-0.15, -0.1) is 0 Å². The highest BCUT2D eigenvalue weighted by Crippen LogP contribution is 2.15. The van der Waals surface area contributed by atoms with Crippen molar-refractivity contribution in [2.45, 2.75) is 6.42 Å². The van der Waals surface area contributed by atoms with Crippen molar-refractivity contribution >= 4 is 6.09 Å². The van der Waals surface area contributed by atoms with Crippen molar-refractivity contribution in [1.82, 2.24) is 4.57 Å². The number of hydrogen-bond donors (Lipinski definition) is 0. The number of nitrogens with zero attached hydrogens (tertiary/aromatic N) is 1. The molecule has 3 rings (SSSR count). The molecule has 3 aromatic rings. The third kappa shape index (κ3) is 3.74. The Kier molecular flexibility index (Phi) is 4.34. The lowest BCUT2D eigenvalue weighted by Crippen LogP contribution is -2.28. The Hall–Kier alpha value is -3.14. The van der Waals surface area contributed by atoms with Gasteiger partial charge in [0.25, 0.3) is 5.56 Å². The maximum Gasteiger partial charge on any atom is 0.426 e. The molecule has 1 aromatic heterocycles. The summed E-state index contributed by atoms with van der Waals surface area (Å²) in [6.07, 6.45) is 1.48. The topological polar surface area (TPSA) is 48.3 Å². The normalized spacial score (nSPS) is 10.3. The van der Waals surface area contributed by atoms with Crippen molar-refractivity contribution in [3.05, 3.63) is 100 Å². The molecule has 23 heavy (non-hydrogen) atoms. The van der Waals surface area contributed by atoms with Gasteiger partial charge >= 0.3 is 6.09 Å². The van der Waals surface area contributed by atoms with Crippen LogP contribution in [0.15, 0.2) is 83.8 Å². The van der Waals surface area contributed by atoms with Crippen LogP contribution in [0.3, 0.4) is 0 Å². The molecule has 0 unspecified atom stereocenters. The van der Waals surface area contributed by atoms with Crippen LogP contribution in [0, 0.1) is 0 Å². The predicted octanol–water partition coefficient (Wildman–Crippen LogP) is 3.49. The smallest absolute Gasteiger partial charge is 0.410 e. The molecular weight excluding hydrogens is 290 g/mol. The first-order chi connectivity index (χ1) is 11.2. The largest absolute Gasteiger partial charge is 0.426 e. The van der Waals surface area contributed by atoms with E-state index in [9.17, 15) is 9.59 Å². The first-order valence-corrected chi connectivity index (χ1v) is 7.25. The van der Waals surface area contributed by atoms with Crippen molar-refractivity contribution in [3.63, 3.8) is 0 Å². The van der Waals surface area contributed by atoms with Gasteiger partial charge in [-0.1, -0.05) is 48.5 Å². The van der Waals surface area contributed by atoms with E-state index in [1.807, 2.05) is 30.3 Å². The Morgan fingerprint density at radius 1 is 0.826 bits per heavy atom. The minimum Gasteiger partial charge on any atom is -0.410 e. The van der Waals surface area contributed by atoms with Gasteiger partial charge in [0, 0.05) is 12.3 Å². The molecule has 0 N–H and O–H groups in total. The molecule has 0 saturated carbocycles. The SMILES string of the molecule is O=C(Oc1ccc(Cc2ccccc2)cc1)n1ccccc1=O. The second kappa shape index (κ2) is 6.75. The maximum atomic E-state index is 12.0. The molecular formula is C19H15NO3. The predicted molar refractivity (Wildman–Crippen MR) is 87.8 cm³/mol. The van der Waals surface area contributed by atoms with Crippen LogP contribution in [0.25, 0.3) is 0 Å². The van der Waals surface area contributed by atoms with Crippen LogP contribution in [0.5, 0.6) is 5.75 Å². The first-order valence-electron chi connectivity index (χ1n) is 7.25. The molecule has 0 saturated heterocycles. The van der Waals surface area contributed by atoms with Gasteiger partial charge in [-0.25, -0.2) is 9.36 Å².